The van der Waals surface area contributed by atoms with Crippen LogP contribution in [0.1, 0.15) is 44.9 Å². The van der Waals surface area contributed by atoms with Crippen LogP contribution in [-0.4, -0.2) is 42.4 Å². The lowest BCUT2D eigenvalue weighted by molar-refractivity contribution is -0.136. The monoisotopic (exact) mass is 303 g/mol. The van der Waals surface area contributed by atoms with Crippen LogP contribution in [0, 0.1) is 5.92 Å². The van der Waals surface area contributed by atoms with Crippen LogP contribution in [-0.2, 0) is 9.59 Å². The summed E-state index contributed by atoms with van der Waals surface area (Å²) >= 11 is 0. The van der Waals surface area contributed by atoms with Crippen molar-refractivity contribution in [2.45, 2.75) is 51.0 Å². The van der Waals surface area contributed by atoms with Gasteiger partial charge < -0.3 is 16.0 Å². The van der Waals surface area contributed by atoms with Gasteiger partial charge in [-0.1, -0.05) is 0 Å². The van der Waals surface area contributed by atoms with Crippen LogP contribution >= 0.6 is 12.4 Å². The maximum Gasteiger partial charge on any atom is 0.222 e. The van der Waals surface area contributed by atoms with Crippen molar-refractivity contribution in [3.05, 3.63) is 0 Å². The van der Waals surface area contributed by atoms with Crippen molar-refractivity contribution >= 4 is 24.2 Å². The SMILES string of the molecule is Cl.NC(=O)CC1CCCCN1C(=O)CCC1CCNC1. The molecule has 2 rings (SSSR count). The molecule has 2 atom stereocenters. The lowest BCUT2D eigenvalue weighted by Gasteiger charge is -2.35. The molecule has 0 aromatic heterocycles. The molecular formula is C14H26ClN3O2. The lowest BCUT2D eigenvalue weighted by Crippen LogP contribution is -2.45. The minimum Gasteiger partial charge on any atom is -0.370 e. The highest BCUT2D eigenvalue weighted by molar-refractivity contribution is 5.85. The smallest absolute Gasteiger partial charge is 0.222 e. The van der Waals surface area contributed by atoms with E-state index in [1.54, 1.807) is 0 Å². The van der Waals surface area contributed by atoms with Crippen molar-refractivity contribution in [1.29, 1.82) is 0 Å². The van der Waals surface area contributed by atoms with Crippen molar-refractivity contribution in [1.82, 2.24) is 10.2 Å². The summed E-state index contributed by atoms with van der Waals surface area (Å²) < 4.78 is 0. The number of carbonyl (C=O) groups excluding carboxylic acids is 2. The predicted molar refractivity (Wildman–Crippen MR) is 80.6 cm³/mol. The normalized spacial score (nSPS) is 26.1. The standard InChI is InChI=1S/C14H25N3O2.ClH/c15-13(18)9-12-3-1-2-8-17(12)14(19)5-4-11-6-7-16-10-11;/h11-12,16H,1-10H2,(H2,15,18);1H. The Kier molecular flexibility index (Phi) is 7.30. The van der Waals surface area contributed by atoms with Gasteiger partial charge in [-0.25, -0.2) is 0 Å². The van der Waals surface area contributed by atoms with E-state index >= 15 is 0 Å². The first-order valence-electron chi connectivity index (χ1n) is 7.45. The van der Waals surface area contributed by atoms with Crippen LogP contribution < -0.4 is 11.1 Å². The molecule has 2 amide bonds. The fourth-order valence-corrected chi connectivity index (χ4v) is 3.21. The highest BCUT2D eigenvalue weighted by atomic mass is 35.5. The van der Waals surface area contributed by atoms with Gasteiger partial charge in [0.25, 0.3) is 0 Å². The molecule has 2 aliphatic rings. The largest absolute Gasteiger partial charge is 0.370 e. The Morgan fingerprint density at radius 2 is 2.05 bits per heavy atom. The Balaban J connectivity index is 0.00000200. The third kappa shape index (κ3) is 4.94. The minimum atomic E-state index is -0.301. The highest BCUT2D eigenvalue weighted by Gasteiger charge is 2.28. The topological polar surface area (TPSA) is 75.4 Å². The Bertz CT molecular complexity index is 332. The van der Waals surface area contributed by atoms with Crippen LogP contribution in [0.15, 0.2) is 0 Å². The fraction of sp³-hybridized carbons (Fsp3) is 0.857. The summed E-state index contributed by atoms with van der Waals surface area (Å²) in [6, 6.07) is 0.0421. The number of nitrogens with one attached hydrogen (secondary N) is 1. The van der Waals surface area contributed by atoms with Crippen molar-refractivity contribution in [3.63, 3.8) is 0 Å². The molecule has 0 bridgehead atoms. The summed E-state index contributed by atoms with van der Waals surface area (Å²) in [6.45, 7) is 2.91. The van der Waals surface area contributed by atoms with E-state index in [1.807, 2.05) is 4.90 Å². The highest BCUT2D eigenvalue weighted by Crippen LogP contribution is 2.22. The van der Waals surface area contributed by atoms with Gasteiger partial charge >= 0.3 is 0 Å². The van der Waals surface area contributed by atoms with E-state index in [9.17, 15) is 9.59 Å². The zero-order valence-electron chi connectivity index (χ0n) is 12.0. The number of nitrogens with zero attached hydrogens (tertiary/aromatic N) is 1. The zero-order chi connectivity index (χ0) is 13.7. The van der Waals surface area contributed by atoms with E-state index in [0.29, 0.717) is 18.8 Å². The molecular weight excluding hydrogens is 278 g/mol. The van der Waals surface area contributed by atoms with Gasteiger partial charge in [-0.15, -0.1) is 12.4 Å². The summed E-state index contributed by atoms with van der Waals surface area (Å²) in [5.74, 6) is 0.547. The average molecular weight is 304 g/mol. The Hall–Kier alpha value is -0.810. The Morgan fingerprint density at radius 3 is 2.70 bits per heavy atom. The molecule has 6 heteroatoms. The van der Waals surface area contributed by atoms with Gasteiger partial charge in [0.1, 0.15) is 0 Å². The van der Waals surface area contributed by atoms with E-state index in [2.05, 4.69) is 5.32 Å². The number of nitrogens with two attached hydrogens (primary N) is 1. The number of carbonyl (C=O) groups is 2. The fourth-order valence-electron chi connectivity index (χ4n) is 3.21. The van der Waals surface area contributed by atoms with Crippen LogP contribution in [0.5, 0.6) is 0 Å². The van der Waals surface area contributed by atoms with Gasteiger partial charge in [-0.3, -0.25) is 9.59 Å². The van der Waals surface area contributed by atoms with Crippen LogP contribution in [0.25, 0.3) is 0 Å². The first-order valence-corrected chi connectivity index (χ1v) is 7.45. The maximum absolute atomic E-state index is 12.3. The summed E-state index contributed by atoms with van der Waals surface area (Å²) in [4.78, 5) is 25.3. The molecule has 2 fully saturated rings. The summed E-state index contributed by atoms with van der Waals surface area (Å²) in [5, 5.41) is 3.32. The van der Waals surface area contributed by atoms with Gasteiger partial charge in [0, 0.05) is 25.4 Å². The van der Waals surface area contributed by atoms with E-state index in [-0.39, 0.29) is 30.3 Å². The summed E-state index contributed by atoms with van der Waals surface area (Å²) in [6.07, 6.45) is 6.13. The molecule has 0 spiro atoms. The molecule has 20 heavy (non-hydrogen) atoms. The number of amides is 2. The van der Waals surface area contributed by atoms with Gasteiger partial charge in [0.2, 0.25) is 11.8 Å². The van der Waals surface area contributed by atoms with Crippen molar-refractivity contribution in [2.75, 3.05) is 19.6 Å². The zero-order valence-corrected chi connectivity index (χ0v) is 12.8. The quantitative estimate of drug-likeness (QED) is 0.797. The number of rotatable bonds is 5. The van der Waals surface area contributed by atoms with Crippen molar-refractivity contribution in [3.8, 4) is 0 Å². The molecule has 5 nitrogen and oxygen atoms in total. The number of primary amides is 1. The number of piperidine rings is 1. The van der Waals surface area contributed by atoms with Crippen LogP contribution in [0.4, 0.5) is 0 Å². The molecule has 0 aliphatic carbocycles. The molecule has 2 heterocycles. The Labute approximate surface area is 127 Å². The minimum absolute atomic E-state index is 0. The van der Waals surface area contributed by atoms with Gasteiger partial charge in [0.15, 0.2) is 0 Å². The number of halogens is 1. The molecule has 0 saturated carbocycles. The van der Waals surface area contributed by atoms with Gasteiger partial charge in [0.05, 0.1) is 0 Å². The third-order valence-electron chi connectivity index (χ3n) is 4.31. The number of likely N-dealkylation sites (tertiary alicyclic amines) is 1. The summed E-state index contributed by atoms with van der Waals surface area (Å²) in [7, 11) is 0. The molecule has 2 unspecified atom stereocenters. The number of hydrogen-bond acceptors (Lipinski definition) is 3. The molecule has 0 aromatic rings. The first kappa shape index (κ1) is 17.2. The van der Waals surface area contributed by atoms with E-state index < -0.39 is 0 Å². The Morgan fingerprint density at radius 1 is 1.25 bits per heavy atom. The lowest BCUT2D eigenvalue weighted by atomic mass is 9.97. The van der Waals surface area contributed by atoms with Crippen LogP contribution in [0.2, 0.25) is 0 Å². The number of hydrogen-bond donors (Lipinski definition) is 2. The summed E-state index contributed by atoms with van der Waals surface area (Å²) in [5.41, 5.74) is 5.27. The second-order valence-corrected chi connectivity index (χ2v) is 5.80. The third-order valence-corrected chi connectivity index (χ3v) is 4.31. The van der Waals surface area contributed by atoms with E-state index in [4.69, 9.17) is 5.73 Å². The van der Waals surface area contributed by atoms with Crippen molar-refractivity contribution < 1.29 is 9.59 Å². The molecule has 116 valence electrons. The predicted octanol–water partition coefficient (Wildman–Crippen LogP) is 1.05. The van der Waals surface area contributed by atoms with E-state index in [0.717, 1.165) is 45.3 Å². The second kappa shape index (κ2) is 8.47. The first-order chi connectivity index (χ1) is 9.16. The average Bonchev–Trinajstić information content (AvgIpc) is 2.89. The van der Waals surface area contributed by atoms with Gasteiger partial charge in [-0.2, -0.15) is 0 Å². The molecule has 0 radical (unpaired) electrons. The van der Waals surface area contributed by atoms with Gasteiger partial charge in [-0.05, 0) is 51.1 Å². The molecule has 2 saturated heterocycles. The molecule has 0 aromatic carbocycles. The molecule has 3 N–H and O–H groups in total. The molecule has 2 aliphatic heterocycles. The maximum atomic E-state index is 12.3. The van der Waals surface area contributed by atoms with Crippen LogP contribution in [0.3, 0.4) is 0 Å². The van der Waals surface area contributed by atoms with Crippen molar-refractivity contribution in [2.24, 2.45) is 11.7 Å². The van der Waals surface area contributed by atoms with E-state index in [1.165, 1.54) is 6.42 Å². The second-order valence-electron chi connectivity index (χ2n) is 5.80.